The first kappa shape index (κ1) is 13.2. The zero-order valence-electron chi connectivity index (χ0n) is 10.7. The molecule has 0 aromatic carbocycles. The first-order valence-corrected chi connectivity index (χ1v) is 6.82. The molecular weight excluding hydrogens is 252 g/mol. The quantitative estimate of drug-likeness (QED) is 0.857. The Bertz CT molecular complexity index is 415. The Morgan fingerprint density at radius 3 is 2.78 bits per heavy atom. The van der Waals surface area contributed by atoms with Gasteiger partial charge in [-0.1, -0.05) is 18.3 Å². The third-order valence-corrected chi connectivity index (χ3v) is 4.15. The topological polar surface area (TPSA) is 76.1 Å². The van der Waals surface area contributed by atoms with Gasteiger partial charge in [0.15, 0.2) is 0 Å². The van der Waals surface area contributed by atoms with Gasteiger partial charge in [0.25, 0.3) is 5.91 Å². The highest BCUT2D eigenvalue weighted by atomic mass is 32.1. The lowest BCUT2D eigenvalue weighted by molar-refractivity contribution is 0.0238. The SMILES string of the molecule is CNc1nnc(C(=O)NCC2(C)CCOCC2)s1. The highest BCUT2D eigenvalue weighted by Gasteiger charge is 2.28. The van der Waals surface area contributed by atoms with Crippen molar-refractivity contribution in [2.45, 2.75) is 19.8 Å². The maximum absolute atomic E-state index is 11.9. The Kier molecular flexibility index (Phi) is 4.13. The molecule has 0 atom stereocenters. The fraction of sp³-hybridized carbons (Fsp3) is 0.727. The standard InChI is InChI=1S/C11H18N4O2S/c1-11(3-5-17-6-4-11)7-13-8(16)9-14-15-10(12-2)18-9/h3-7H2,1-2H3,(H,12,15)(H,13,16). The van der Waals surface area contributed by atoms with Crippen molar-refractivity contribution in [3.05, 3.63) is 5.01 Å². The van der Waals surface area contributed by atoms with Crippen molar-refractivity contribution in [3.8, 4) is 0 Å². The number of anilines is 1. The maximum Gasteiger partial charge on any atom is 0.282 e. The summed E-state index contributed by atoms with van der Waals surface area (Å²) in [5.41, 5.74) is 0.129. The molecule has 0 bridgehead atoms. The van der Waals surface area contributed by atoms with E-state index in [1.54, 1.807) is 7.05 Å². The van der Waals surface area contributed by atoms with Crippen LogP contribution in [0.3, 0.4) is 0 Å². The molecule has 2 heterocycles. The Morgan fingerprint density at radius 1 is 1.44 bits per heavy atom. The number of carbonyl (C=O) groups is 1. The van der Waals surface area contributed by atoms with Crippen LogP contribution < -0.4 is 10.6 Å². The number of nitrogens with zero attached hydrogens (tertiary/aromatic N) is 2. The molecule has 18 heavy (non-hydrogen) atoms. The summed E-state index contributed by atoms with van der Waals surface area (Å²) in [6.45, 7) is 4.38. The molecule has 1 aromatic rings. The number of aromatic nitrogens is 2. The zero-order valence-corrected chi connectivity index (χ0v) is 11.5. The summed E-state index contributed by atoms with van der Waals surface area (Å²) in [7, 11) is 1.76. The number of ether oxygens (including phenoxy) is 1. The molecule has 2 N–H and O–H groups in total. The van der Waals surface area contributed by atoms with Crippen LogP contribution in [-0.2, 0) is 4.74 Å². The molecule has 1 fully saturated rings. The predicted octanol–water partition coefficient (Wildman–Crippen LogP) is 1.13. The van der Waals surface area contributed by atoms with Crippen LogP contribution in [0.4, 0.5) is 5.13 Å². The van der Waals surface area contributed by atoms with Crippen LogP contribution in [-0.4, -0.2) is 42.9 Å². The molecule has 100 valence electrons. The molecule has 0 radical (unpaired) electrons. The summed E-state index contributed by atoms with van der Waals surface area (Å²) < 4.78 is 5.33. The third kappa shape index (κ3) is 3.17. The van der Waals surface area contributed by atoms with E-state index in [2.05, 4.69) is 27.8 Å². The molecule has 6 nitrogen and oxygen atoms in total. The molecule has 7 heteroatoms. The summed E-state index contributed by atoms with van der Waals surface area (Å²) >= 11 is 1.26. The van der Waals surface area contributed by atoms with Gasteiger partial charge < -0.3 is 15.4 Å². The van der Waals surface area contributed by atoms with Crippen LogP contribution >= 0.6 is 11.3 Å². The summed E-state index contributed by atoms with van der Waals surface area (Å²) in [6.07, 6.45) is 1.95. The first-order valence-electron chi connectivity index (χ1n) is 6.00. The van der Waals surface area contributed by atoms with E-state index in [-0.39, 0.29) is 11.3 Å². The van der Waals surface area contributed by atoms with Gasteiger partial charge in [-0.2, -0.15) is 0 Å². The van der Waals surface area contributed by atoms with Crippen molar-refractivity contribution >= 4 is 22.4 Å². The maximum atomic E-state index is 11.9. The van der Waals surface area contributed by atoms with E-state index in [1.807, 2.05) is 0 Å². The van der Waals surface area contributed by atoms with Gasteiger partial charge in [-0.05, 0) is 18.3 Å². The lowest BCUT2D eigenvalue weighted by atomic mass is 9.82. The molecule has 1 aliphatic rings. The van der Waals surface area contributed by atoms with Crippen molar-refractivity contribution in [3.63, 3.8) is 0 Å². The zero-order chi connectivity index (χ0) is 13.0. The molecule has 0 spiro atoms. The average molecular weight is 270 g/mol. The van der Waals surface area contributed by atoms with E-state index >= 15 is 0 Å². The molecule has 0 aliphatic carbocycles. The average Bonchev–Trinajstić information content (AvgIpc) is 2.86. The van der Waals surface area contributed by atoms with Gasteiger partial charge in [0.1, 0.15) is 0 Å². The highest BCUT2D eigenvalue weighted by molar-refractivity contribution is 7.17. The fourth-order valence-corrected chi connectivity index (χ4v) is 2.44. The lowest BCUT2D eigenvalue weighted by Crippen LogP contribution is -2.39. The normalized spacial score (nSPS) is 18.3. The van der Waals surface area contributed by atoms with Gasteiger partial charge in [-0.15, -0.1) is 10.2 Å². The van der Waals surface area contributed by atoms with Crippen molar-refractivity contribution in [1.29, 1.82) is 0 Å². The molecule has 0 saturated carbocycles. The predicted molar refractivity (Wildman–Crippen MR) is 69.9 cm³/mol. The van der Waals surface area contributed by atoms with Crippen LogP contribution in [0.15, 0.2) is 0 Å². The molecule has 0 unspecified atom stereocenters. The monoisotopic (exact) mass is 270 g/mol. The Balaban J connectivity index is 1.87. The van der Waals surface area contributed by atoms with E-state index in [4.69, 9.17) is 4.74 Å². The Hall–Kier alpha value is -1.21. The summed E-state index contributed by atoms with van der Waals surface area (Å²) in [5.74, 6) is -0.151. The van der Waals surface area contributed by atoms with Crippen LogP contribution in [0, 0.1) is 5.41 Å². The number of hydrogen-bond donors (Lipinski definition) is 2. The summed E-state index contributed by atoms with van der Waals surface area (Å²) in [4.78, 5) is 11.9. The van der Waals surface area contributed by atoms with Crippen molar-refractivity contribution < 1.29 is 9.53 Å². The molecule has 1 saturated heterocycles. The third-order valence-electron chi connectivity index (χ3n) is 3.21. The lowest BCUT2D eigenvalue weighted by Gasteiger charge is -2.33. The number of nitrogens with one attached hydrogen (secondary N) is 2. The van der Waals surface area contributed by atoms with Gasteiger partial charge >= 0.3 is 0 Å². The molecule has 2 rings (SSSR count). The number of carbonyl (C=O) groups excluding carboxylic acids is 1. The molecule has 1 aliphatic heterocycles. The second-order valence-corrected chi connectivity index (χ2v) is 5.75. The highest BCUT2D eigenvalue weighted by Crippen LogP contribution is 2.28. The van der Waals surface area contributed by atoms with Gasteiger partial charge in [0.05, 0.1) is 0 Å². The van der Waals surface area contributed by atoms with Crippen LogP contribution in [0.25, 0.3) is 0 Å². The second kappa shape index (κ2) is 5.62. The van der Waals surface area contributed by atoms with Gasteiger partial charge in [-0.3, -0.25) is 4.79 Å². The van der Waals surface area contributed by atoms with Crippen LogP contribution in [0.5, 0.6) is 0 Å². The van der Waals surface area contributed by atoms with E-state index in [0.29, 0.717) is 16.7 Å². The first-order chi connectivity index (χ1) is 8.63. The fourth-order valence-electron chi connectivity index (χ4n) is 1.83. The largest absolute Gasteiger partial charge is 0.381 e. The minimum absolute atomic E-state index is 0.129. The number of hydrogen-bond acceptors (Lipinski definition) is 6. The van der Waals surface area contributed by atoms with Crippen molar-refractivity contribution in [1.82, 2.24) is 15.5 Å². The summed E-state index contributed by atoms with van der Waals surface area (Å²) in [6, 6.07) is 0. The van der Waals surface area contributed by atoms with Crippen molar-refractivity contribution in [2.24, 2.45) is 5.41 Å². The molecular formula is C11H18N4O2S. The molecule has 1 aromatic heterocycles. The Labute approximate surface area is 110 Å². The van der Waals surface area contributed by atoms with E-state index in [0.717, 1.165) is 26.1 Å². The number of rotatable bonds is 4. The van der Waals surface area contributed by atoms with Crippen molar-refractivity contribution in [2.75, 3.05) is 32.1 Å². The summed E-state index contributed by atoms with van der Waals surface area (Å²) in [5, 5.41) is 14.5. The van der Waals surface area contributed by atoms with E-state index in [1.165, 1.54) is 11.3 Å². The minimum atomic E-state index is -0.151. The smallest absolute Gasteiger partial charge is 0.282 e. The van der Waals surface area contributed by atoms with Gasteiger partial charge in [-0.25, -0.2) is 0 Å². The number of amides is 1. The minimum Gasteiger partial charge on any atom is -0.381 e. The van der Waals surface area contributed by atoms with Gasteiger partial charge in [0, 0.05) is 26.8 Å². The van der Waals surface area contributed by atoms with Crippen LogP contribution in [0.2, 0.25) is 0 Å². The van der Waals surface area contributed by atoms with Crippen LogP contribution in [0.1, 0.15) is 29.6 Å². The van der Waals surface area contributed by atoms with Gasteiger partial charge in [0.2, 0.25) is 10.1 Å². The Morgan fingerprint density at radius 2 is 2.17 bits per heavy atom. The second-order valence-electron chi connectivity index (χ2n) is 4.77. The molecule has 1 amide bonds. The van der Waals surface area contributed by atoms with E-state index < -0.39 is 0 Å². The van der Waals surface area contributed by atoms with E-state index in [9.17, 15) is 4.79 Å².